The molecule has 3 N–H and O–H groups in total. The predicted molar refractivity (Wildman–Crippen MR) is 225 cm³/mol. The highest BCUT2D eigenvalue weighted by atomic mass is 32.1. The number of phenols is 1. The van der Waals surface area contributed by atoms with Crippen molar-refractivity contribution in [2.75, 3.05) is 37.9 Å². The molecule has 8 aromatic rings. The van der Waals surface area contributed by atoms with Crippen LogP contribution in [0, 0.1) is 17.5 Å². The average Bonchev–Trinajstić information content (AvgIpc) is 3.97. The van der Waals surface area contributed by atoms with Crippen molar-refractivity contribution in [1.29, 1.82) is 0 Å². The van der Waals surface area contributed by atoms with Crippen molar-refractivity contribution >= 4 is 55.0 Å². The fraction of sp³-hybridized carbons (Fsp3) is 0.190. The highest BCUT2D eigenvalue weighted by Gasteiger charge is 2.32. The maximum atomic E-state index is 14.1. The van der Waals surface area contributed by atoms with E-state index in [1.807, 2.05) is 12.1 Å². The van der Waals surface area contributed by atoms with E-state index in [0.717, 1.165) is 50.7 Å². The van der Waals surface area contributed by atoms with Gasteiger partial charge in [-0.15, -0.1) is 22.7 Å². The van der Waals surface area contributed by atoms with Crippen LogP contribution in [0.4, 0.5) is 51.1 Å². The minimum Gasteiger partial charge on any atom is -0.504 e. The van der Waals surface area contributed by atoms with Crippen LogP contribution >= 0.6 is 22.7 Å². The third-order valence-electron chi connectivity index (χ3n) is 8.88. The maximum Gasteiger partial charge on any atom is 0.416 e. The first-order valence-corrected chi connectivity index (χ1v) is 20.5. The molecular weight excluding hydrogens is 916 g/mol. The molecule has 0 aliphatic carbocycles. The fourth-order valence-electron chi connectivity index (χ4n) is 5.68. The van der Waals surface area contributed by atoms with E-state index in [0.29, 0.717) is 60.5 Å². The van der Waals surface area contributed by atoms with E-state index in [1.54, 1.807) is 35.3 Å². The Morgan fingerprint density at radius 1 is 0.538 bits per heavy atom. The number of aromatic nitrogens is 6. The molecule has 4 aromatic heterocycles. The molecule has 0 aliphatic rings. The number of phenolic OH excluding ortho intramolecular Hbond substituents is 1. The molecule has 0 amide bonds. The van der Waals surface area contributed by atoms with Gasteiger partial charge in [0.2, 0.25) is 0 Å². The molecule has 0 saturated heterocycles. The molecule has 0 bridgehead atoms. The fourth-order valence-corrected chi connectivity index (χ4v) is 6.93. The number of hydrogen-bond acceptors (Lipinski definition) is 14. The van der Waals surface area contributed by atoms with Gasteiger partial charge in [0.15, 0.2) is 57.8 Å². The number of thiazole rings is 2. The lowest BCUT2D eigenvalue weighted by Crippen LogP contribution is -2.07. The molecule has 12 nitrogen and oxygen atoms in total. The van der Waals surface area contributed by atoms with Gasteiger partial charge in [-0.05, 0) is 84.6 Å². The Morgan fingerprint density at radius 3 is 1.54 bits per heavy atom. The van der Waals surface area contributed by atoms with Crippen LogP contribution in [0.25, 0.3) is 20.7 Å². The molecule has 23 heteroatoms. The normalized spacial score (nSPS) is 11.3. The number of alkyl halides is 6. The summed E-state index contributed by atoms with van der Waals surface area (Å²) in [6.45, 7) is 1.26. The van der Waals surface area contributed by atoms with Crippen LogP contribution in [0.15, 0.2) is 96.5 Å². The predicted octanol–water partition coefficient (Wildman–Crippen LogP) is 11.1. The molecular formula is C42H33F9N8O4S2. The molecule has 8 rings (SSSR count). The van der Waals surface area contributed by atoms with Crippen molar-refractivity contribution < 1.29 is 58.8 Å². The van der Waals surface area contributed by atoms with Crippen LogP contribution in [-0.2, 0) is 25.2 Å². The van der Waals surface area contributed by atoms with Crippen LogP contribution in [0.5, 0.6) is 28.7 Å². The SMILES string of the molecule is COc1cc(CCNc2ncnc3scnc23)ccc1O.COc1cc(CCNc2ncnc3scnc23)ccc1Oc1ccc(C(F)(F)F)cc1F.Fc1ccc(C(F)(F)F)cc1F. The van der Waals surface area contributed by atoms with Gasteiger partial charge in [-0.2, -0.15) is 26.3 Å². The van der Waals surface area contributed by atoms with Crippen molar-refractivity contribution in [3.63, 3.8) is 0 Å². The molecule has 4 heterocycles. The molecule has 0 spiro atoms. The van der Waals surface area contributed by atoms with Crippen LogP contribution in [0.2, 0.25) is 0 Å². The van der Waals surface area contributed by atoms with Gasteiger partial charge in [0.05, 0.1) is 36.4 Å². The highest BCUT2D eigenvalue weighted by molar-refractivity contribution is 7.16. The average molecular weight is 949 g/mol. The van der Waals surface area contributed by atoms with Crippen molar-refractivity contribution in [3.8, 4) is 28.7 Å². The Bertz CT molecular complexity index is 2860. The summed E-state index contributed by atoms with van der Waals surface area (Å²) >= 11 is 2.92. The summed E-state index contributed by atoms with van der Waals surface area (Å²) in [5.74, 6) is -1.71. The van der Waals surface area contributed by atoms with Crippen molar-refractivity contribution in [1.82, 2.24) is 29.9 Å². The smallest absolute Gasteiger partial charge is 0.416 e. The molecule has 0 radical (unpaired) electrons. The molecule has 340 valence electrons. The number of rotatable bonds is 12. The third kappa shape index (κ3) is 12.6. The minimum atomic E-state index is -4.64. The molecule has 65 heavy (non-hydrogen) atoms. The van der Waals surface area contributed by atoms with Gasteiger partial charge in [0.1, 0.15) is 33.3 Å². The standard InChI is InChI=1S/C21H16F4N4O2S.C14H14N4O2S.C7H3F5/c1-30-17-8-12(6-7-26-19-18-20(28-10-27-19)32-11-29-18)2-4-16(17)31-15-5-3-13(9-14(15)22)21(23,24)25;1-20-11-6-9(2-3-10(11)19)4-5-15-13-12-14(17-7-16-13)21-8-18-12;8-5-2-1-4(3-6(5)9)7(10,11)12/h2-5,8-11H,6-7H2,1H3,(H,26,27,28);2-3,6-8,19H,4-5H2,1H3,(H,15,16,17);1-3H. The van der Waals surface area contributed by atoms with E-state index in [2.05, 4.69) is 40.5 Å². The second-order valence-corrected chi connectivity index (χ2v) is 14.8. The number of fused-ring (bicyclic) bond motifs is 2. The van der Waals surface area contributed by atoms with E-state index in [-0.39, 0.29) is 23.3 Å². The zero-order chi connectivity index (χ0) is 46.7. The van der Waals surface area contributed by atoms with E-state index < -0.39 is 40.9 Å². The number of hydrogen-bond donors (Lipinski definition) is 3. The van der Waals surface area contributed by atoms with E-state index >= 15 is 0 Å². The van der Waals surface area contributed by atoms with Crippen LogP contribution in [-0.4, -0.2) is 62.3 Å². The van der Waals surface area contributed by atoms with Gasteiger partial charge in [0, 0.05) is 13.1 Å². The molecule has 0 saturated carbocycles. The number of methoxy groups -OCH3 is 2. The first-order valence-electron chi connectivity index (χ1n) is 18.7. The lowest BCUT2D eigenvalue weighted by Gasteiger charge is -2.14. The Morgan fingerprint density at radius 2 is 1.03 bits per heavy atom. The second-order valence-electron chi connectivity index (χ2n) is 13.2. The molecule has 0 unspecified atom stereocenters. The number of halogens is 9. The van der Waals surface area contributed by atoms with Gasteiger partial charge >= 0.3 is 12.4 Å². The summed E-state index contributed by atoms with van der Waals surface area (Å²) in [7, 11) is 2.96. The number of nitrogens with zero attached hydrogens (tertiary/aromatic N) is 6. The minimum absolute atomic E-state index is 0.120. The monoisotopic (exact) mass is 948 g/mol. The largest absolute Gasteiger partial charge is 0.504 e. The topological polar surface area (TPSA) is 149 Å². The summed E-state index contributed by atoms with van der Waals surface area (Å²) < 4.78 is 128. The van der Waals surface area contributed by atoms with E-state index in [1.165, 1.54) is 49.5 Å². The Labute approximate surface area is 370 Å². The number of benzene rings is 4. The Balaban J connectivity index is 0.000000181. The summed E-state index contributed by atoms with van der Waals surface area (Å²) in [6, 6.07) is 13.5. The van der Waals surface area contributed by atoms with Crippen molar-refractivity contribution in [2.24, 2.45) is 0 Å². The maximum absolute atomic E-state index is 14.1. The van der Waals surface area contributed by atoms with Crippen molar-refractivity contribution in [2.45, 2.75) is 25.2 Å². The molecule has 0 fully saturated rings. The first-order chi connectivity index (χ1) is 31.0. The molecule has 4 aromatic carbocycles. The van der Waals surface area contributed by atoms with Crippen LogP contribution < -0.4 is 24.8 Å². The van der Waals surface area contributed by atoms with Gasteiger partial charge in [0.25, 0.3) is 0 Å². The summed E-state index contributed by atoms with van der Waals surface area (Å²) in [6.07, 6.45) is -4.86. The van der Waals surface area contributed by atoms with Gasteiger partial charge < -0.3 is 30.0 Å². The van der Waals surface area contributed by atoms with E-state index in [4.69, 9.17) is 14.2 Å². The first kappa shape index (κ1) is 47.5. The lowest BCUT2D eigenvalue weighted by molar-refractivity contribution is -0.138. The Kier molecular flexibility index (Phi) is 15.4. The highest BCUT2D eigenvalue weighted by Crippen LogP contribution is 2.37. The number of nitrogens with one attached hydrogen (secondary N) is 2. The van der Waals surface area contributed by atoms with Crippen LogP contribution in [0.1, 0.15) is 22.3 Å². The zero-order valence-corrected chi connectivity index (χ0v) is 35.3. The number of anilines is 2. The zero-order valence-electron chi connectivity index (χ0n) is 33.6. The van der Waals surface area contributed by atoms with E-state index in [9.17, 15) is 44.6 Å². The number of ether oxygens (including phenoxy) is 3. The molecule has 0 aliphatic heterocycles. The summed E-state index contributed by atoms with van der Waals surface area (Å²) in [5.41, 5.74) is 4.66. The number of aromatic hydroxyl groups is 1. The summed E-state index contributed by atoms with van der Waals surface area (Å²) in [4.78, 5) is 26.9. The summed E-state index contributed by atoms with van der Waals surface area (Å²) in [5, 5.41) is 16.1. The molecule has 0 atom stereocenters. The Hall–Kier alpha value is -7.01. The van der Waals surface area contributed by atoms with Gasteiger partial charge in [-0.25, -0.2) is 43.1 Å². The van der Waals surface area contributed by atoms with Crippen molar-refractivity contribution in [3.05, 3.63) is 136 Å². The van der Waals surface area contributed by atoms with Crippen LogP contribution in [0.3, 0.4) is 0 Å². The van der Waals surface area contributed by atoms with Gasteiger partial charge in [-0.1, -0.05) is 12.1 Å². The quantitative estimate of drug-likeness (QED) is 0.100. The second kappa shape index (κ2) is 21.1. The lowest BCUT2D eigenvalue weighted by atomic mass is 10.1. The third-order valence-corrected chi connectivity index (χ3v) is 10.3. The van der Waals surface area contributed by atoms with Gasteiger partial charge in [-0.3, -0.25) is 0 Å².